The van der Waals surface area contributed by atoms with E-state index in [1.165, 1.54) is 6.07 Å². The molecule has 24 heavy (non-hydrogen) atoms. The van der Waals surface area contributed by atoms with E-state index in [0.29, 0.717) is 0 Å². The first-order valence-corrected chi connectivity index (χ1v) is 7.80. The summed E-state index contributed by atoms with van der Waals surface area (Å²) in [6, 6.07) is 3.13. The number of anilines is 1. The maximum atomic E-state index is 13.3. The Morgan fingerprint density at radius 1 is 1.33 bits per heavy atom. The van der Waals surface area contributed by atoms with Crippen molar-refractivity contribution >= 4 is 11.6 Å². The van der Waals surface area contributed by atoms with Crippen molar-refractivity contribution in [2.45, 2.75) is 25.4 Å². The summed E-state index contributed by atoms with van der Waals surface area (Å²) in [7, 11) is 0. The maximum Gasteiger partial charge on any atom is 0.422 e. The number of alkyl halides is 3. The van der Waals surface area contributed by atoms with E-state index in [2.05, 4.69) is 15.4 Å². The third-order valence-corrected chi connectivity index (χ3v) is 4.70. The molecule has 1 saturated carbocycles. The van der Waals surface area contributed by atoms with Gasteiger partial charge in [0.2, 0.25) is 5.91 Å². The zero-order chi connectivity index (χ0) is 17.4. The molecule has 1 aliphatic heterocycles. The fourth-order valence-corrected chi connectivity index (χ4v) is 3.29. The van der Waals surface area contributed by atoms with Crippen molar-refractivity contribution in [2.24, 2.45) is 11.3 Å². The Labute approximate surface area is 136 Å². The van der Waals surface area contributed by atoms with E-state index >= 15 is 0 Å². The highest BCUT2D eigenvalue weighted by molar-refractivity contribution is 5.96. The summed E-state index contributed by atoms with van der Waals surface area (Å²) >= 11 is 0. The number of carbonyl (C=O) groups excluding carboxylic acids is 1. The average molecular weight is 346 g/mol. The van der Waals surface area contributed by atoms with Crippen LogP contribution in [0.3, 0.4) is 0 Å². The van der Waals surface area contributed by atoms with Gasteiger partial charge < -0.3 is 15.4 Å². The highest BCUT2D eigenvalue weighted by atomic mass is 19.4. The Morgan fingerprint density at radius 2 is 2.04 bits per heavy atom. The Kier molecular flexibility index (Phi) is 4.42. The maximum absolute atomic E-state index is 13.3. The molecule has 132 valence electrons. The normalized spacial score (nSPS) is 22.2. The molecule has 0 aromatic heterocycles. The monoisotopic (exact) mass is 346 g/mol. The summed E-state index contributed by atoms with van der Waals surface area (Å²) in [4.78, 5) is 12.4. The van der Waals surface area contributed by atoms with Crippen LogP contribution < -0.4 is 15.4 Å². The summed E-state index contributed by atoms with van der Waals surface area (Å²) in [6.07, 6.45) is -1.94. The average Bonchev–Trinajstić information content (AvgIpc) is 3.20. The van der Waals surface area contributed by atoms with Crippen LogP contribution >= 0.6 is 0 Å². The molecule has 1 saturated heterocycles. The molecule has 1 aromatic rings. The minimum absolute atomic E-state index is 0.00234. The number of hydrogen-bond donors (Lipinski definition) is 2. The van der Waals surface area contributed by atoms with Gasteiger partial charge in [-0.1, -0.05) is 0 Å². The van der Waals surface area contributed by atoms with Crippen LogP contribution in [0.2, 0.25) is 0 Å². The van der Waals surface area contributed by atoms with E-state index in [-0.39, 0.29) is 28.7 Å². The third-order valence-electron chi connectivity index (χ3n) is 4.70. The highest BCUT2D eigenvalue weighted by Crippen LogP contribution is 2.58. The second-order valence-corrected chi connectivity index (χ2v) is 6.40. The van der Waals surface area contributed by atoms with Crippen molar-refractivity contribution in [1.82, 2.24) is 5.32 Å². The third kappa shape index (κ3) is 3.80. The minimum atomic E-state index is -4.54. The molecule has 1 atom stereocenters. The van der Waals surface area contributed by atoms with Gasteiger partial charge in [-0.15, -0.1) is 0 Å². The van der Waals surface area contributed by atoms with Gasteiger partial charge in [0.1, 0.15) is 11.6 Å². The lowest BCUT2D eigenvalue weighted by molar-refractivity contribution is -0.153. The molecule has 1 amide bonds. The predicted molar refractivity (Wildman–Crippen MR) is 79.2 cm³/mol. The lowest BCUT2D eigenvalue weighted by Crippen LogP contribution is -2.31. The first kappa shape index (κ1) is 17.0. The van der Waals surface area contributed by atoms with E-state index in [9.17, 15) is 22.4 Å². The van der Waals surface area contributed by atoms with Crippen LogP contribution in [0.1, 0.15) is 19.3 Å². The number of benzene rings is 1. The summed E-state index contributed by atoms with van der Waals surface area (Å²) in [6.45, 7) is 0.179. The smallest absolute Gasteiger partial charge is 0.422 e. The molecule has 0 radical (unpaired) electrons. The molecule has 0 bridgehead atoms. The zero-order valence-electron chi connectivity index (χ0n) is 12.9. The van der Waals surface area contributed by atoms with Crippen molar-refractivity contribution in [3.8, 4) is 5.75 Å². The van der Waals surface area contributed by atoms with E-state index in [0.717, 1.165) is 44.5 Å². The number of amides is 1. The Hall–Kier alpha value is -1.83. The topological polar surface area (TPSA) is 50.4 Å². The van der Waals surface area contributed by atoms with Crippen molar-refractivity contribution in [3.05, 3.63) is 24.0 Å². The number of rotatable bonds is 4. The van der Waals surface area contributed by atoms with Gasteiger partial charge >= 0.3 is 6.18 Å². The lowest BCUT2D eigenvalue weighted by Gasteiger charge is -2.23. The first-order valence-electron chi connectivity index (χ1n) is 7.80. The number of carbonyl (C=O) groups is 1. The fraction of sp³-hybridized carbons (Fsp3) is 0.562. The van der Waals surface area contributed by atoms with Gasteiger partial charge in [-0.3, -0.25) is 4.79 Å². The summed E-state index contributed by atoms with van der Waals surface area (Å²) in [5, 5.41) is 5.82. The largest absolute Gasteiger partial charge is 0.482 e. The van der Waals surface area contributed by atoms with Crippen molar-refractivity contribution in [1.29, 1.82) is 0 Å². The molecule has 8 heteroatoms. The van der Waals surface area contributed by atoms with Gasteiger partial charge in [-0.25, -0.2) is 4.39 Å². The summed E-state index contributed by atoms with van der Waals surface area (Å²) in [5.74, 6) is -1.45. The van der Waals surface area contributed by atoms with Gasteiger partial charge in [0, 0.05) is 12.0 Å². The van der Waals surface area contributed by atoms with Gasteiger partial charge in [-0.05, 0) is 49.9 Å². The van der Waals surface area contributed by atoms with Crippen molar-refractivity contribution < 1.29 is 27.1 Å². The van der Waals surface area contributed by atoms with Gasteiger partial charge in [0.05, 0.1) is 5.69 Å². The highest BCUT2D eigenvalue weighted by Gasteiger charge is 2.57. The second kappa shape index (κ2) is 6.23. The predicted octanol–water partition coefficient (Wildman–Crippen LogP) is 3.10. The quantitative estimate of drug-likeness (QED) is 0.824. The van der Waals surface area contributed by atoms with Crippen molar-refractivity contribution in [2.75, 3.05) is 25.0 Å². The molecule has 1 unspecified atom stereocenters. The molecule has 4 nitrogen and oxygen atoms in total. The molecule has 1 heterocycles. The van der Waals surface area contributed by atoms with Crippen molar-refractivity contribution in [3.63, 3.8) is 0 Å². The van der Waals surface area contributed by atoms with E-state index in [4.69, 9.17) is 0 Å². The molecular weight excluding hydrogens is 328 g/mol. The lowest BCUT2D eigenvalue weighted by atomic mass is 9.92. The zero-order valence-corrected chi connectivity index (χ0v) is 12.9. The van der Waals surface area contributed by atoms with Crippen LogP contribution in [0.15, 0.2) is 18.2 Å². The minimum Gasteiger partial charge on any atom is -0.482 e. The molecule has 2 aliphatic rings. The SMILES string of the molecule is O=C(Nc1ccc(F)cc1OCC(F)(F)F)C1CC12CCNCC2. The van der Waals surface area contributed by atoms with Crippen LogP contribution in [0, 0.1) is 17.2 Å². The Balaban J connectivity index is 1.67. The van der Waals surface area contributed by atoms with Crippen LogP contribution in [-0.2, 0) is 4.79 Å². The van der Waals surface area contributed by atoms with Crippen LogP contribution in [-0.4, -0.2) is 31.8 Å². The Bertz CT molecular complexity index is 627. The molecule has 1 aromatic carbocycles. The van der Waals surface area contributed by atoms with Crippen LogP contribution in [0.25, 0.3) is 0 Å². The molecule has 2 N–H and O–H groups in total. The van der Waals surface area contributed by atoms with E-state index < -0.39 is 18.6 Å². The molecule has 3 rings (SSSR count). The molecule has 2 fully saturated rings. The van der Waals surface area contributed by atoms with E-state index in [1.807, 2.05) is 0 Å². The van der Waals surface area contributed by atoms with Gasteiger partial charge in [0.15, 0.2) is 6.61 Å². The standard InChI is InChI=1S/C16H18F4N2O2/c17-10-1-2-12(13(7-10)24-9-16(18,19)20)22-14(23)11-8-15(11)3-5-21-6-4-15/h1-2,7,11,21H,3-6,8-9H2,(H,22,23). The van der Waals surface area contributed by atoms with Crippen LogP contribution in [0.5, 0.6) is 5.75 Å². The molecular formula is C16H18F4N2O2. The molecule has 1 spiro atoms. The second-order valence-electron chi connectivity index (χ2n) is 6.40. The summed E-state index contributed by atoms with van der Waals surface area (Å²) in [5.41, 5.74) is 0.0594. The first-order chi connectivity index (χ1) is 11.3. The number of halogens is 4. The number of ether oxygens (including phenoxy) is 1. The number of piperidine rings is 1. The number of nitrogens with one attached hydrogen (secondary N) is 2. The van der Waals surface area contributed by atoms with Gasteiger partial charge in [-0.2, -0.15) is 13.2 Å². The Morgan fingerprint density at radius 3 is 2.71 bits per heavy atom. The summed E-state index contributed by atoms with van der Waals surface area (Å²) < 4.78 is 54.8. The van der Waals surface area contributed by atoms with E-state index in [1.54, 1.807) is 0 Å². The van der Waals surface area contributed by atoms with Gasteiger partial charge in [0.25, 0.3) is 0 Å². The fourth-order valence-electron chi connectivity index (χ4n) is 3.29. The molecule has 1 aliphatic carbocycles. The number of hydrogen-bond acceptors (Lipinski definition) is 3. The van der Waals surface area contributed by atoms with Crippen LogP contribution in [0.4, 0.5) is 23.2 Å².